The Morgan fingerprint density at radius 3 is 2.45 bits per heavy atom. The summed E-state index contributed by atoms with van der Waals surface area (Å²) in [6.07, 6.45) is -0.974. The summed E-state index contributed by atoms with van der Waals surface area (Å²) in [6, 6.07) is 6.06. The molecule has 0 radical (unpaired) electrons. The van der Waals surface area contributed by atoms with E-state index in [9.17, 15) is 18.3 Å². The zero-order chi connectivity index (χ0) is 14.6. The zero-order valence-electron chi connectivity index (χ0n) is 11.0. The molecule has 0 unspecified atom stereocenters. The number of hydrogen-bond acceptors (Lipinski definition) is 3. The van der Waals surface area contributed by atoms with Crippen LogP contribution in [0.1, 0.15) is 31.2 Å². The minimum atomic E-state index is -4.70. The second-order valence-electron chi connectivity index (χ2n) is 5.15. The van der Waals surface area contributed by atoms with E-state index in [1.165, 1.54) is 12.1 Å². The Morgan fingerprint density at radius 2 is 1.85 bits per heavy atom. The van der Waals surface area contributed by atoms with Gasteiger partial charge < -0.3 is 15.2 Å². The summed E-state index contributed by atoms with van der Waals surface area (Å²) in [5, 5.41) is 12.7. The maximum atomic E-state index is 12.3. The van der Waals surface area contributed by atoms with Gasteiger partial charge in [-0.15, -0.1) is 13.2 Å². The van der Waals surface area contributed by atoms with Crippen LogP contribution >= 0.6 is 0 Å². The first-order chi connectivity index (χ1) is 9.44. The highest BCUT2D eigenvalue weighted by Crippen LogP contribution is 2.31. The Morgan fingerprint density at radius 1 is 1.20 bits per heavy atom. The molecular weight excluding hydrogens is 271 g/mol. The second-order valence-corrected chi connectivity index (χ2v) is 5.15. The van der Waals surface area contributed by atoms with Gasteiger partial charge in [-0.25, -0.2) is 0 Å². The predicted molar refractivity (Wildman–Crippen MR) is 68.2 cm³/mol. The highest BCUT2D eigenvalue weighted by Gasteiger charge is 2.34. The molecule has 0 amide bonds. The van der Waals surface area contributed by atoms with Gasteiger partial charge in [0.05, 0.1) is 6.61 Å². The molecule has 1 aliphatic carbocycles. The van der Waals surface area contributed by atoms with Gasteiger partial charge in [0.25, 0.3) is 0 Å². The van der Waals surface area contributed by atoms with E-state index in [4.69, 9.17) is 0 Å². The fourth-order valence-electron chi connectivity index (χ4n) is 2.60. The maximum Gasteiger partial charge on any atom is 0.573 e. The topological polar surface area (TPSA) is 41.5 Å². The van der Waals surface area contributed by atoms with E-state index in [1.54, 1.807) is 12.1 Å². The van der Waals surface area contributed by atoms with Crippen LogP contribution in [0.25, 0.3) is 0 Å². The fourth-order valence-corrected chi connectivity index (χ4v) is 2.60. The minimum absolute atomic E-state index is 0.00467. The number of alkyl halides is 3. The summed E-state index contributed by atoms with van der Waals surface area (Å²) in [7, 11) is 0. The van der Waals surface area contributed by atoms with Gasteiger partial charge >= 0.3 is 6.36 Å². The van der Waals surface area contributed by atoms with Gasteiger partial charge in [0.15, 0.2) is 0 Å². The average molecular weight is 289 g/mol. The average Bonchev–Trinajstić information content (AvgIpc) is 2.85. The van der Waals surface area contributed by atoms with Gasteiger partial charge in [-0.1, -0.05) is 31.0 Å². The van der Waals surface area contributed by atoms with Crippen LogP contribution in [0.2, 0.25) is 0 Å². The Kier molecular flexibility index (Phi) is 4.55. The van der Waals surface area contributed by atoms with Crippen molar-refractivity contribution in [1.82, 2.24) is 5.32 Å². The number of rotatable bonds is 5. The minimum Gasteiger partial charge on any atom is -0.405 e. The fraction of sp³-hybridized carbons (Fsp3) is 0.571. The van der Waals surface area contributed by atoms with Gasteiger partial charge in [0.1, 0.15) is 5.75 Å². The van der Waals surface area contributed by atoms with Crippen LogP contribution in [0.5, 0.6) is 5.75 Å². The number of nitrogens with one attached hydrogen (secondary N) is 1. The third kappa shape index (κ3) is 3.86. The van der Waals surface area contributed by atoms with E-state index >= 15 is 0 Å². The van der Waals surface area contributed by atoms with Gasteiger partial charge in [-0.05, 0) is 18.9 Å². The molecule has 0 atom stereocenters. The van der Waals surface area contributed by atoms with Crippen molar-refractivity contribution < 1.29 is 23.0 Å². The first kappa shape index (κ1) is 15.1. The van der Waals surface area contributed by atoms with Crippen molar-refractivity contribution in [2.45, 2.75) is 44.1 Å². The van der Waals surface area contributed by atoms with Crippen molar-refractivity contribution in [1.29, 1.82) is 0 Å². The van der Waals surface area contributed by atoms with Gasteiger partial charge in [-0.2, -0.15) is 0 Å². The number of hydrogen-bond donors (Lipinski definition) is 2. The molecule has 0 aromatic heterocycles. The molecule has 1 aromatic carbocycles. The lowest BCUT2D eigenvalue weighted by molar-refractivity contribution is -0.274. The highest BCUT2D eigenvalue weighted by molar-refractivity contribution is 5.33. The van der Waals surface area contributed by atoms with E-state index < -0.39 is 6.36 Å². The Balaban J connectivity index is 2.05. The molecule has 1 aromatic rings. The standard InChI is InChI=1S/C14H18F3NO2/c15-14(16,17)20-12-6-2-1-5-11(12)9-18-13(10-19)7-3-4-8-13/h1-2,5-6,18-19H,3-4,7-10H2. The van der Waals surface area contributed by atoms with Crippen molar-refractivity contribution in [3.8, 4) is 5.75 Å². The molecular formula is C14H18F3NO2. The van der Waals surface area contributed by atoms with Crippen molar-refractivity contribution in [3.05, 3.63) is 29.8 Å². The zero-order valence-corrected chi connectivity index (χ0v) is 11.0. The van der Waals surface area contributed by atoms with Crippen LogP contribution in [-0.2, 0) is 6.54 Å². The summed E-state index contributed by atoms with van der Waals surface area (Å²) in [5.74, 6) is -0.196. The highest BCUT2D eigenvalue weighted by atomic mass is 19.4. The molecule has 6 heteroatoms. The van der Waals surface area contributed by atoms with Crippen LogP contribution in [0, 0.1) is 0 Å². The summed E-state index contributed by atoms with van der Waals surface area (Å²) < 4.78 is 41.0. The van der Waals surface area contributed by atoms with Gasteiger partial charge in [0, 0.05) is 17.6 Å². The molecule has 0 spiro atoms. The molecule has 0 bridgehead atoms. The number of halogens is 3. The van der Waals surface area contributed by atoms with Crippen molar-refractivity contribution in [3.63, 3.8) is 0 Å². The van der Waals surface area contributed by atoms with Gasteiger partial charge in [0.2, 0.25) is 0 Å². The van der Waals surface area contributed by atoms with E-state index in [1.807, 2.05) is 0 Å². The Bertz CT molecular complexity index is 442. The van der Waals surface area contributed by atoms with Crippen molar-refractivity contribution in [2.24, 2.45) is 0 Å². The number of benzene rings is 1. The maximum absolute atomic E-state index is 12.3. The van der Waals surface area contributed by atoms with Crippen LogP contribution in [0.4, 0.5) is 13.2 Å². The number of aliphatic hydroxyl groups is 1. The first-order valence-electron chi connectivity index (χ1n) is 6.64. The molecule has 2 rings (SSSR count). The molecule has 1 aliphatic rings. The van der Waals surface area contributed by atoms with Crippen LogP contribution in [-0.4, -0.2) is 23.6 Å². The van der Waals surface area contributed by atoms with Crippen LogP contribution in [0.3, 0.4) is 0 Å². The summed E-state index contributed by atoms with van der Waals surface area (Å²) in [5.41, 5.74) is 0.0651. The molecule has 112 valence electrons. The normalized spacial score (nSPS) is 18.2. The number of aliphatic hydroxyl groups excluding tert-OH is 1. The summed E-state index contributed by atoms with van der Waals surface area (Å²) >= 11 is 0. The van der Waals surface area contributed by atoms with Crippen molar-refractivity contribution in [2.75, 3.05) is 6.61 Å². The van der Waals surface area contributed by atoms with Crippen LogP contribution in [0.15, 0.2) is 24.3 Å². The van der Waals surface area contributed by atoms with E-state index in [0.717, 1.165) is 25.7 Å². The summed E-state index contributed by atoms with van der Waals surface area (Å²) in [6.45, 7) is 0.238. The monoisotopic (exact) mass is 289 g/mol. The van der Waals surface area contributed by atoms with Gasteiger partial charge in [-0.3, -0.25) is 0 Å². The largest absolute Gasteiger partial charge is 0.573 e. The lowest BCUT2D eigenvalue weighted by Crippen LogP contribution is -2.45. The van der Waals surface area contributed by atoms with Crippen molar-refractivity contribution >= 4 is 0 Å². The first-order valence-corrected chi connectivity index (χ1v) is 6.64. The van der Waals surface area contributed by atoms with E-state index in [-0.39, 0.29) is 24.4 Å². The predicted octanol–water partition coefficient (Wildman–Crippen LogP) is 2.98. The lowest BCUT2D eigenvalue weighted by atomic mass is 9.98. The smallest absolute Gasteiger partial charge is 0.405 e. The molecule has 0 aliphatic heterocycles. The van der Waals surface area contributed by atoms with E-state index in [0.29, 0.717) is 5.56 Å². The SMILES string of the molecule is OCC1(NCc2ccccc2OC(F)(F)F)CCCC1. The Labute approximate surface area is 115 Å². The molecule has 3 nitrogen and oxygen atoms in total. The molecule has 0 heterocycles. The quantitative estimate of drug-likeness (QED) is 0.875. The molecule has 2 N–H and O–H groups in total. The third-order valence-corrected chi connectivity index (χ3v) is 3.72. The second kappa shape index (κ2) is 6.01. The van der Waals surface area contributed by atoms with E-state index in [2.05, 4.69) is 10.1 Å². The molecule has 20 heavy (non-hydrogen) atoms. The van der Waals surface area contributed by atoms with Crippen LogP contribution < -0.4 is 10.1 Å². The number of ether oxygens (including phenoxy) is 1. The molecule has 1 fully saturated rings. The Hall–Kier alpha value is -1.27. The lowest BCUT2D eigenvalue weighted by Gasteiger charge is -2.28. The number of para-hydroxylation sites is 1. The molecule has 0 saturated heterocycles. The summed E-state index contributed by atoms with van der Waals surface area (Å²) in [4.78, 5) is 0. The third-order valence-electron chi connectivity index (χ3n) is 3.72. The molecule has 1 saturated carbocycles.